The standard InChI is InChI=1S/C19H23N3O2/c20-11-12-3-5-13(6-4-12)15(18(21)23)22-16-14-7-10-24-17(14)19(16)8-1-2-9-19/h3-6,14-17,22H,1-2,7-10H2,(H2,21,23)/t14-,15+,16-,17+/m1/s1. The first-order chi connectivity index (χ1) is 11.7. The van der Waals surface area contributed by atoms with Crippen LogP contribution < -0.4 is 11.1 Å². The molecule has 1 heterocycles. The number of primary amides is 1. The minimum Gasteiger partial charge on any atom is -0.377 e. The van der Waals surface area contributed by atoms with Crippen LogP contribution in [0.2, 0.25) is 0 Å². The molecule has 1 amide bonds. The largest absolute Gasteiger partial charge is 0.377 e. The maximum absolute atomic E-state index is 12.1. The van der Waals surface area contributed by atoms with Crippen LogP contribution >= 0.6 is 0 Å². The third-order valence-electron chi connectivity index (χ3n) is 6.29. The van der Waals surface area contributed by atoms with Crippen LogP contribution in [0.5, 0.6) is 0 Å². The molecule has 0 bridgehead atoms. The van der Waals surface area contributed by atoms with Gasteiger partial charge in [-0.1, -0.05) is 25.0 Å². The molecular weight excluding hydrogens is 302 g/mol. The molecule has 24 heavy (non-hydrogen) atoms. The highest BCUT2D eigenvalue weighted by Gasteiger charge is 2.65. The SMILES string of the molecule is N#Cc1ccc([C@H](N[C@@H]2[C@H]3CCO[C@@H]3C23CCCC3)C(N)=O)cc1. The van der Waals surface area contributed by atoms with Gasteiger partial charge in [-0.2, -0.15) is 5.26 Å². The van der Waals surface area contributed by atoms with Crippen molar-refractivity contribution in [1.82, 2.24) is 5.32 Å². The first kappa shape index (κ1) is 15.6. The predicted octanol–water partition coefficient (Wildman–Crippen LogP) is 2.02. The van der Waals surface area contributed by atoms with Crippen LogP contribution in [-0.4, -0.2) is 24.7 Å². The summed E-state index contributed by atoms with van der Waals surface area (Å²) in [5.41, 5.74) is 7.29. The van der Waals surface area contributed by atoms with Gasteiger partial charge in [0.05, 0.1) is 17.7 Å². The van der Waals surface area contributed by atoms with Crippen LogP contribution in [0.3, 0.4) is 0 Å². The number of nitrogens with zero attached hydrogens (tertiary/aromatic N) is 1. The zero-order valence-corrected chi connectivity index (χ0v) is 13.7. The highest BCUT2D eigenvalue weighted by atomic mass is 16.5. The molecule has 5 heteroatoms. The number of hydrogen-bond donors (Lipinski definition) is 2. The quantitative estimate of drug-likeness (QED) is 0.886. The van der Waals surface area contributed by atoms with Gasteiger partial charge in [-0.3, -0.25) is 10.1 Å². The van der Waals surface area contributed by atoms with Crippen LogP contribution in [0.15, 0.2) is 24.3 Å². The molecule has 3 fully saturated rings. The summed E-state index contributed by atoms with van der Waals surface area (Å²) in [6.07, 6.45) is 6.23. The third-order valence-corrected chi connectivity index (χ3v) is 6.29. The Labute approximate surface area is 142 Å². The van der Waals surface area contributed by atoms with Crippen molar-refractivity contribution in [1.29, 1.82) is 5.26 Å². The average Bonchev–Trinajstić information content (AvgIpc) is 3.24. The first-order valence-corrected chi connectivity index (χ1v) is 8.83. The van der Waals surface area contributed by atoms with Gasteiger partial charge in [0.25, 0.3) is 0 Å². The van der Waals surface area contributed by atoms with Gasteiger partial charge in [0.15, 0.2) is 0 Å². The zero-order chi connectivity index (χ0) is 16.7. The summed E-state index contributed by atoms with van der Waals surface area (Å²) >= 11 is 0. The van der Waals surface area contributed by atoms with E-state index in [2.05, 4.69) is 11.4 Å². The minimum absolute atomic E-state index is 0.182. The van der Waals surface area contributed by atoms with Gasteiger partial charge in [0.2, 0.25) is 5.91 Å². The number of nitriles is 1. The van der Waals surface area contributed by atoms with E-state index >= 15 is 0 Å². The van der Waals surface area contributed by atoms with Gasteiger partial charge in [0, 0.05) is 24.0 Å². The lowest BCUT2D eigenvalue weighted by molar-refractivity contribution is -0.139. The van der Waals surface area contributed by atoms with E-state index in [9.17, 15) is 4.79 Å². The molecular formula is C19H23N3O2. The van der Waals surface area contributed by atoms with Crippen LogP contribution in [0.4, 0.5) is 0 Å². The van der Waals surface area contributed by atoms with E-state index in [4.69, 9.17) is 15.7 Å². The van der Waals surface area contributed by atoms with Crippen LogP contribution in [0.25, 0.3) is 0 Å². The molecule has 1 saturated heterocycles. The number of amides is 1. The smallest absolute Gasteiger partial charge is 0.239 e. The number of ether oxygens (including phenoxy) is 1. The molecule has 0 radical (unpaired) electrons. The van der Waals surface area contributed by atoms with Gasteiger partial charge in [0.1, 0.15) is 6.04 Å². The van der Waals surface area contributed by atoms with Gasteiger partial charge < -0.3 is 10.5 Å². The summed E-state index contributed by atoms with van der Waals surface area (Å²) in [5, 5.41) is 12.5. The Kier molecular flexibility index (Phi) is 3.82. The normalized spacial score (nSPS) is 31.2. The molecule has 2 saturated carbocycles. The molecule has 1 spiro atoms. The molecule has 3 aliphatic rings. The lowest BCUT2D eigenvalue weighted by atomic mass is 9.54. The van der Waals surface area contributed by atoms with Crippen molar-refractivity contribution in [3.8, 4) is 6.07 Å². The van der Waals surface area contributed by atoms with Crippen molar-refractivity contribution in [2.24, 2.45) is 17.1 Å². The fourth-order valence-corrected chi connectivity index (χ4v) is 5.22. The van der Waals surface area contributed by atoms with Crippen LogP contribution in [0, 0.1) is 22.7 Å². The second kappa shape index (κ2) is 5.87. The van der Waals surface area contributed by atoms with Crippen molar-refractivity contribution >= 4 is 5.91 Å². The topological polar surface area (TPSA) is 88.1 Å². The number of benzene rings is 1. The summed E-state index contributed by atoms with van der Waals surface area (Å²) < 4.78 is 6.01. The molecule has 4 rings (SSSR count). The molecule has 1 aromatic rings. The molecule has 126 valence electrons. The number of hydrogen-bond acceptors (Lipinski definition) is 4. The van der Waals surface area contributed by atoms with E-state index in [0.717, 1.165) is 18.6 Å². The van der Waals surface area contributed by atoms with Gasteiger partial charge in [-0.05, 0) is 37.0 Å². The second-order valence-corrected chi connectivity index (χ2v) is 7.40. The Balaban J connectivity index is 1.58. The molecule has 5 nitrogen and oxygen atoms in total. The Morgan fingerprint density at radius 2 is 2.04 bits per heavy atom. The van der Waals surface area contributed by atoms with Crippen LogP contribution in [0.1, 0.15) is 49.3 Å². The molecule has 1 aliphatic heterocycles. The van der Waals surface area contributed by atoms with Crippen molar-refractivity contribution in [2.75, 3.05) is 6.61 Å². The number of nitrogens with one attached hydrogen (secondary N) is 1. The molecule has 1 aromatic carbocycles. The lowest BCUT2D eigenvalue weighted by Crippen LogP contribution is -2.68. The summed E-state index contributed by atoms with van der Waals surface area (Å²) in [5.74, 6) is 0.124. The number of nitrogens with two attached hydrogens (primary N) is 1. The van der Waals surface area contributed by atoms with Gasteiger partial charge in [-0.15, -0.1) is 0 Å². The lowest BCUT2D eigenvalue weighted by Gasteiger charge is -2.57. The van der Waals surface area contributed by atoms with E-state index in [1.807, 2.05) is 12.1 Å². The minimum atomic E-state index is -0.512. The number of rotatable bonds is 4. The summed E-state index contributed by atoms with van der Waals surface area (Å²) in [4.78, 5) is 12.1. The van der Waals surface area contributed by atoms with E-state index < -0.39 is 6.04 Å². The number of carbonyl (C=O) groups excluding carboxylic acids is 1. The predicted molar refractivity (Wildman–Crippen MR) is 88.8 cm³/mol. The Morgan fingerprint density at radius 1 is 1.33 bits per heavy atom. The Morgan fingerprint density at radius 3 is 2.67 bits per heavy atom. The second-order valence-electron chi connectivity index (χ2n) is 7.40. The van der Waals surface area contributed by atoms with Crippen molar-refractivity contribution < 1.29 is 9.53 Å². The monoisotopic (exact) mass is 325 g/mol. The highest BCUT2D eigenvalue weighted by Crippen LogP contribution is 2.61. The van der Waals surface area contributed by atoms with Gasteiger partial charge >= 0.3 is 0 Å². The highest BCUT2D eigenvalue weighted by molar-refractivity contribution is 5.81. The van der Waals surface area contributed by atoms with Crippen molar-refractivity contribution in [2.45, 2.75) is 50.3 Å². The molecule has 3 N–H and O–H groups in total. The number of fused-ring (bicyclic) bond motifs is 2. The molecule has 0 unspecified atom stereocenters. The Hall–Kier alpha value is -1.90. The fourth-order valence-electron chi connectivity index (χ4n) is 5.22. The van der Waals surface area contributed by atoms with E-state index in [1.165, 1.54) is 25.7 Å². The first-order valence-electron chi connectivity index (χ1n) is 8.83. The Bertz CT molecular complexity index is 673. The number of carbonyl (C=O) groups is 1. The molecule has 2 aliphatic carbocycles. The zero-order valence-electron chi connectivity index (χ0n) is 13.7. The molecule has 0 aromatic heterocycles. The summed E-state index contributed by atoms with van der Waals surface area (Å²) in [6.45, 7) is 0.827. The summed E-state index contributed by atoms with van der Waals surface area (Å²) in [7, 11) is 0. The van der Waals surface area contributed by atoms with E-state index in [1.54, 1.807) is 12.1 Å². The third kappa shape index (κ3) is 2.25. The van der Waals surface area contributed by atoms with Crippen LogP contribution in [-0.2, 0) is 9.53 Å². The maximum atomic E-state index is 12.1. The summed E-state index contributed by atoms with van der Waals surface area (Å²) in [6, 6.07) is 9.00. The average molecular weight is 325 g/mol. The van der Waals surface area contributed by atoms with Gasteiger partial charge in [-0.25, -0.2) is 0 Å². The fraction of sp³-hybridized carbons (Fsp3) is 0.579. The van der Waals surface area contributed by atoms with E-state index in [0.29, 0.717) is 23.6 Å². The maximum Gasteiger partial charge on any atom is 0.239 e. The van der Waals surface area contributed by atoms with Crippen molar-refractivity contribution in [3.63, 3.8) is 0 Å². The van der Waals surface area contributed by atoms with Crippen molar-refractivity contribution in [3.05, 3.63) is 35.4 Å². The van der Waals surface area contributed by atoms with E-state index in [-0.39, 0.29) is 11.3 Å². The molecule has 4 atom stereocenters.